The Bertz CT molecular complexity index is 332. The summed E-state index contributed by atoms with van der Waals surface area (Å²) in [5, 5.41) is 3.39. The number of rotatable bonds is 6. The van der Waals surface area contributed by atoms with E-state index in [1.165, 1.54) is 13.5 Å². The number of nitrogens with one attached hydrogen (secondary N) is 1. The number of likely N-dealkylation sites (tertiary alicyclic amines) is 1. The molecule has 1 aliphatic rings. The van der Waals surface area contributed by atoms with Crippen molar-refractivity contribution >= 4 is 5.97 Å². The smallest absolute Gasteiger partial charge is 0.325 e. The van der Waals surface area contributed by atoms with Gasteiger partial charge in [0.15, 0.2) is 0 Å². The van der Waals surface area contributed by atoms with E-state index in [0.717, 1.165) is 18.9 Å². The summed E-state index contributed by atoms with van der Waals surface area (Å²) < 4.78 is 5.01. The Morgan fingerprint density at radius 1 is 1.40 bits per heavy atom. The Labute approximate surface area is 124 Å². The predicted octanol–water partition coefficient (Wildman–Crippen LogP) is 2.42. The molecule has 1 N–H and O–H groups in total. The molecule has 0 amide bonds. The van der Waals surface area contributed by atoms with Gasteiger partial charge < -0.3 is 4.74 Å². The van der Waals surface area contributed by atoms with E-state index in [2.05, 4.69) is 44.8 Å². The summed E-state index contributed by atoms with van der Waals surface area (Å²) in [6.07, 6.45) is 2.02. The summed E-state index contributed by atoms with van der Waals surface area (Å²) in [6.45, 7) is 14.0. The predicted molar refractivity (Wildman–Crippen MR) is 82.7 cm³/mol. The average molecular weight is 284 g/mol. The van der Waals surface area contributed by atoms with Gasteiger partial charge in [-0.15, -0.1) is 0 Å². The molecule has 4 heteroatoms. The monoisotopic (exact) mass is 284 g/mol. The van der Waals surface area contributed by atoms with Crippen LogP contribution in [0.15, 0.2) is 0 Å². The lowest BCUT2D eigenvalue weighted by atomic mass is 9.91. The lowest BCUT2D eigenvalue weighted by Gasteiger charge is -2.37. The molecule has 1 saturated heterocycles. The summed E-state index contributed by atoms with van der Waals surface area (Å²) in [6, 6.07) is 1.22. The van der Waals surface area contributed by atoms with E-state index in [1.54, 1.807) is 0 Å². The van der Waals surface area contributed by atoms with Crippen molar-refractivity contribution in [2.24, 2.45) is 5.92 Å². The summed E-state index contributed by atoms with van der Waals surface area (Å²) in [5.41, 5.74) is -0.617. The SMILES string of the molecule is COC(=O)C(C)(CC(C)N1CC(C)CC1C)NC(C)C. The molecule has 1 fully saturated rings. The molecule has 0 aliphatic carbocycles. The number of esters is 1. The van der Waals surface area contributed by atoms with Gasteiger partial charge in [0.1, 0.15) is 5.54 Å². The average Bonchev–Trinajstić information content (AvgIpc) is 2.66. The number of hydrogen-bond donors (Lipinski definition) is 1. The largest absolute Gasteiger partial charge is 0.468 e. The zero-order chi connectivity index (χ0) is 15.5. The Morgan fingerprint density at radius 3 is 2.40 bits per heavy atom. The lowest BCUT2D eigenvalue weighted by Crippen LogP contribution is -2.56. The van der Waals surface area contributed by atoms with Gasteiger partial charge in [0.25, 0.3) is 0 Å². The minimum absolute atomic E-state index is 0.169. The van der Waals surface area contributed by atoms with Crippen molar-refractivity contribution in [2.75, 3.05) is 13.7 Å². The number of hydrogen-bond acceptors (Lipinski definition) is 4. The molecule has 4 unspecified atom stereocenters. The number of carbonyl (C=O) groups excluding carboxylic acids is 1. The van der Waals surface area contributed by atoms with Crippen LogP contribution in [0.2, 0.25) is 0 Å². The molecule has 0 bridgehead atoms. The fourth-order valence-corrected chi connectivity index (χ4v) is 3.72. The van der Waals surface area contributed by atoms with Crippen LogP contribution in [0.1, 0.15) is 54.4 Å². The molecule has 118 valence electrons. The van der Waals surface area contributed by atoms with Crippen molar-refractivity contribution in [2.45, 2.75) is 78.0 Å². The third-order valence-corrected chi connectivity index (χ3v) is 4.35. The van der Waals surface area contributed by atoms with Gasteiger partial charge >= 0.3 is 5.97 Å². The second-order valence-electron chi connectivity index (χ2n) is 7.06. The summed E-state index contributed by atoms with van der Waals surface area (Å²) in [4.78, 5) is 14.7. The highest BCUT2D eigenvalue weighted by Gasteiger charge is 2.39. The van der Waals surface area contributed by atoms with Crippen LogP contribution in [-0.2, 0) is 9.53 Å². The number of carbonyl (C=O) groups is 1. The molecule has 1 heterocycles. The van der Waals surface area contributed by atoms with Crippen LogP contribution in [0.25, 0.3) is 0 Å². The molecular formula is C16H32N2O2. The molecule has 4 atom stereocenters. The van der Waals surface area contributed by atoms with Crippen molar-refractivity contribution in [1.29, 1.82) is 0 Å². The molecule has 0 spiro atoms. The van der Waals surface area contributed by atoms with E-state index in [-0.39, 0.29) is 12.0 Å². The number of methoxy groups -OCH3 is 1. The first-order valence-corrected chi connectivity index (χ1v) is 7.81. The van der Waals surface area contributed by atoms with E-state index in [0.29, 0.717) is 12.1 Å². The first-order valence-electron chi connectivity index (χ1n) is 7.81. The highest BCUT2D eigenvalue weighted by Crippen LogP contribution is 2.28. The van der Waals surface area contributed by atoms with E-state index >= 15 is 0 Å². The molecule has 0 aromatic carbocycles. The van der Waals surface area contributed by atoms with Crippen LogP contribution in [0, 0.1) is 5.92 Å². The minimum atomic E-state index is -0.617. The van der Waals surface area contributed by atoms with Gasteiger partial charge in [-0.25, -0.2) is 0 Å². The first kappa shape index (κ1) is 17.4. The maximum atomic E-state index is 12.2. The zero-order valence-electron chi connectivity index (χ0n) is 14.2. The van der Waals surface area contributed by atoms with E-state index in [9.17, 15) is 4.79 Å². The normalized spacial score (nSPS) is 28.4. The molecule has 1 aliphatic heterocycles. The Hall–Kier alpha value is -0.610. The number of ether oxygens (including phenoxy) is 1. The van der Waals surface area contributed by atoms with Crippen molar-refractivity contribution < 1.29 is 9.53 Å². The van der Waals surface area contributed by atoms with Gasteiger partial charge in [-0.3, -0.25) is 15.0 Å². The van der Waals surface area contributed by atoms with Crippen LogP contribution in [0.5, 0.6) is 0 Å². The van der Waals surface area contributed by atoms with E-state index in [1.807, 2.05) is 6.92 Å². The van der Waals surface area contributed by atoms with E-state index < -0.39 is 5.54 Å². The molecule has 1 rings (SSSR count). The van der Waals surface area contributed by atoms with Gasteiger partial charge in [0.05, 0.1) is 7.11 Å². The van der Waals surface area contributed by atoms with E-state index in [4.69, 9.17) is 4.74 Å². The Balaban J connectivity index is 2.76. The minimum Gasteiger partial charge on any atom is -0.468 e. The maximum absolute atomic E-state index is 12.2. The molecule has 0 aromatic heterocycles. The molecule has 0 radical (unpaired) electrons. The fourth-order valence-electron chi connectivity index (χ4n) is 3.72. The third-order valence-electron chi connectivity index (χ3n) is 4.35. The molecule has 0 aromatic rings. The fraction of sp³-hybridized carbons (Fsp3) is 0.938. The second-order valence-corrected chi connectivity index (χ2v) is 7.06. The van der Waals surface area contributed by atoms with Crippen LogP contribution in [-0.4, -0.2) is 48.2 Å². The van der Waals surface area contributed by atoms with Crippen molar-refractivity contribution in [1.82, 2.24) is 10.2 Å². The molecular weight excluding hydrogens is 252 g/mol. The standard InChI is InChI=1S/C16H32N2O2/c1-11(2)17-16(6,15(19)20-7)9-14(5)18-10-12(3)8-13(18)4/h11-14,17H,8-10H2,1-7H3. The van der Waals surface area contributed by atoms with Crippen LogP contribution >= 0.6 is 0 Å². The van der Waals surface area contributed by atoms with Crippen molar-refractivity contribution in [3.63, 3.8) is 0 Å². The quantitative estimate of drug-likeness (QED) is 0.761. The summed E-state index contributed by atoms with van der Waals surface area (Å²) in [7, 11) is 1.47. The maximum Gasteiger partial charge on any atom is 0.325 e. The summed E-state index contributed by atoms with van der Waals surface area (Å²) in [5.74, 6) is 0.577. The Morgan fingerprint density at radius 2 is 2.00 bits per heavy atom. The van der Waals surface area contributed by atoms with Gasteiger partial charge in [0.2, 0.25) is 0 Å². The third kappa shape index (κ3) is 4.19. The van der Waals surface area contributed by atoms with Crippen LogP contribution < -0.4 is 5.32 Å². The molecule has 4 nitrogen and oxygen atoms in total. The van der Waals surface area contributed by atoms with Crippen LogP contribution in [0.4, 0.5) is 0 Å². The lowest BCUT2D eigenvalue weighted by molar-refractivity contribution is -0.149. The van der Waals surface area contributed by atoms with Gasteiger partial charge in [-0.1, -0.05) is 6.92 Å². The Kier molecular flexibility index (Phi) is 6.02. The van der Waals surface area contributed by atoms with Crippen molar-refractivity contribution in [3.8, 4) is 0 Å². The molecule has 0 saturated carbocycles. The van der Waals surface area contributed by atoms with Gasteiger partial charge in [-0.2, -0.15) is 0 Å². The zero-order valence-corrected chi connectivity index (χ0v) is 14.2. The first-order chi connectivity index (χ1) is 9.19. The number of nitrogens with zero attached hydrogens (tertiary/aromatic N) is 1. The van der Waals surface area contributed by atoms with Gasteiger partial charge in [-0.05, 0) is 53.4 Å². The topological polar surface area (TPSA) is 41.6 Å². The second kappa shape index (κ2) is 6.90. The van der Waals surface area contributed by atoms with Crippen molar-refractivity contribution in [3.05, 3.63) is 0 Å². The highest BCUT2D eigenvalue weighted by molar-refractivity contribution is 5.80. The highest BCUT2D eigenvalue weighted by atomic mass is 16.5. The van der Waals surface area contributed by atoms with Crippen LogP contribution in [0.3, 0.4) is 0 Å². The summed E-state index contributed by atoms with van der Waals surface area (Å²) >= 11 is 0. The molecule has 20 heavy (non-hydrogen) atoms. The van der Waals surface area contributed by atoms with Gasteiger partial charge in [0, 0.05) is 24.7 Å².